The van der Waals surface area contributed by atoms with Gasteiger partial charge in [0.2, 0.25) is 0 Å². The molecule has 90 valence electrons. The molecule has 1 amide bonds. The zero-order valence-electron chi connectivity index (χ0n) is 9.30. The van der Waals surface area contributed by atoms with Gasteiger partial charge in [0.1, 0.15) is 0 Å². The van der Waals surface area contributed by atoms with Crippen molar-refractivity contribution in [3.8, 4) is 0 Å². The summed E-state index contributed by atoms with van der Waals surface area (Å²) in [5, 5.41) is 0. The molecule has 0 aliphatic heterocycles. The largest absolute Gasteiger partial charge is 0.274 e. The number of carbonyl (C=O) groups excluding carboxylic acids is 1. The summed E-state index contributed by atoms with van der Waals surface area (Å²) in [5.74, 6) is 0.177. The Morgan fingerprint density at radius 1 is 1.53 bits per heavy atom. The van der Waals surface area contributed by atoms with E-state index < -0.39 is 0 Å². The molecule has 0 saturated carbocycles. The summed E-state index contributed by atoms with van der Waals surface area (Å²) in [4.78, 5) is 20.5. The van der Waals surface area contributed by atoms with Gasteiger partial charge >= 0.3 is 0 Å². The standard InChI is InChI=1S/C11H12N2O2S2/c1-2-15-13-10(14)7-16-11-12-8-5-3-4-6-9(8)17-11/h3-6H,2,7H2,1H3,(H,13,14). The first-order valence-corrected chi connectivity index (χ1v) is 6.99. The molecule has 1 aromatic carbocycles. The average molecular weight is 268 g/mol. The van der Waals surface area contributed by atoms with E-state index in [1.54, 1.807) is 11.3 Å². The maximum absolute atomic E-state index is 11.3. The summed E-state index contributed by atoms with van der Waals surface area (Å²) in [6.45, 7) is 2.29. The quantitative estimate of drug-likeness (QED) is 0.668. The zero-order valence-corrected chi connectivity index (χ0v) is 10.9. The van der Waals surface area contributed by atoms with Crippen molar-refractivity contribution < 1.29 is 9.63 Å². The molecule has 4 nitrogen and oxygen atoms in total. The van der Waals surface area contributed by atoms with Crippen LogP contribution < -0.4 is 5.48 Å². The van der Waals surface area contributed by atoms with Gasteiger partial charge in [-0.25, -0.2) is 10.5 Å². The third kappa shape index (κ3) is 3.42. The number of carbonyl (C=O) groups is 1. The van der Waals surface area contributed by atoms with Crippen molar-refractivity contribution in [2.75, 3.05) is 12.4 Å². The van der Waals surface area contributed by atoms with Crippen LogP contribution in [0.25, 0.3) is 10.2 Å². The minimum Gasteiger partial charge on any atom is -0.274 e. The Bertz CT molecular complexity index is 480. The fourth-order valence-electron chi connectivity index (χ4n) is 1.22. The van der Waals surface area contributed by atoms with Gasteiger partial charge in [0, 0.05) is 0 Å². The van der Waals surface area contributed by atoms with Crippen molar-refractivity contribution in [3.63, 3.8) is 0 Å². The third-order valence-electron chi connectivity index (χ3n) is 1.93. The molecule has 1 heterocycles. The maximum Gasteiger partial charge on any atom is 0.253 e. The van der Waals surface area contributed by atoms with Crippen LogP contribution in [0.2, 0.25) is 0 Å². The second-order valence-corrected chi connectivity index (χ2v) is 5.45. The Hall–Kier alpha value is -1.11. The summed E-state index contributed by atoms with van der Waals surface area (Å²) in [7, 11) is 0. The topological polar surface area (TPSA) is 51.2 Å². The molecular weight excluding hydrogens is 256 g/mol. The van der Waals surface area contributed by atoms with E-state index in [-0.39, 0.29) is 5.91 Å². The number of fused-ring (bicyclic) bond motifs is 1. The van der Waals surface area contributed by atoms with Crippen LogP contribution in [0.3, 0.4) is 0 Å². The molecule has 0 radical (unpaired) electrons. The molecule has 0 aliphatic carbocycles. The van der Waals surface area contributed by atoms with E-state index in [1.807, 2.05) is 31.2 Å². The molecule has 0 atom stereocenters. The van der Waals surface area contributed by atoms with E-state index in [4.69, 9.17) is 4.84 Å². The van der Waals surface area contributed by atoms with Crippen molar-refractivity contribution in [1.82, 2.24) is 10.5 Å². The molecule has 0 unspecified atom stereocenters. The van der Waals surface area contributed by atoms with Crippen LogP contribution in [0.1, 0.15) is 6.92 Å². The number of aromatic nitrogens is 1. The number of hydroxylamine groups is 1. The third-order valence-corrected chi connectivity index (χ3v) is 4.11. The molecule has 0 spiro atoms. The highest BCUT2D eigenvalue weighted by Crippen LogP contribution is 2.28. The Balaban J connectivity index is 1.92. The minimum atomic E-state index is -0.142. The van der Waals surface area contributed by atoms with Gasteiger partial charge in [-0.15, -0.1) is 11.3 Å². The second-order valence-electron chi connectivity index (χ2n) is 3.19. The van der Waals surface area contributed by atoms with E-state index >= 15 is 0 Å². The number of thioether (sulfide) groups is 1. The van der Waals surface area contributed by atoms with Crippen LogP contribution in [-0.4, -0.2) is 23.3 Å². The van der Waals surface area contributed by atoms with Gasteiger partial charge in [0.25, 0.3) is 5.91 Å². The Morgan fingerprint density at radius 3 is 3.12 bits per heavy atom. The van der Waals surface area contributed by atoms with Crippen LogP contribution in [0.5, 0.6) is 0 Å². The molecular formula is C11H12N2O2S2. The SMILES string of the molecule is CCONC(=O)CSc1nc2ccccc2s1. The lowest BCUT2D eigenvalue weighted by atomic mass is 10.3. The second kappa shape index (κ2) is 6.00. The van der Waals surface area contributed by atoms with E-state index in [0.29, 0.717) is 12.4 Å². The van der Waals surface area contributed by atoms with Gasteiger partial charge in [0.15, 0.2) is 4.34 Å². The highest BCUT2D eigenvalue weighted by Gasteiger charge is 2.07. The first-order valence-electron chi connectivity index (χ1n) is 5.18. The molecule has 6 heteroatoms. The summed E-state index contributed by atoms with van der Waals surface area (Å²) in [5.41, 5.74) is 3.33. The van der Waals surface area contributed by atoms with Gasteiger partial charge in [0.05, 0.1) is 22.6 Å². The van der Waals surface area contributed by atoms with Crippen LogP contribution in [0.4, 0.5) is 0 Å². The van der Waals surface area contributed by atoms with Crippen molar-refractivity contribution in [2.45, 2.75) is 11.3 Å². The maximum atomic E-state index is 11.3. The minimum absolute atomic E-state index is 0.142. The van der Waals surface area contributed by atoms with Crippen LogP contribution in [-0.2, 0) is 9.63 Å². The van der Waals surface area contributed by atoms with Crippen molar-refractivity contribution in [3.05, 3.63) is 24.3 Å². The highest BCUT2D eigenvalue weighted by molar-refractivity contribution is 8.01. The number of para-hydroxylation sites is 1. The summed E-state index contributed by atoms with van der Waals surface area (Å²) < 4.78 is 2.04. The molecule has 0 fully saturated rings. The van der Waals surface area contributed by atoms with Crippen LogP contribution in [0, 0.1) is 0 Å². The number of nitrogens with zero attached hydrogens (tertiary/aromatic N) is 1. The first-order chi connectivity index (χ1) is 8.29. The van der Waals surface area contributed by atoms with Crippen LogP contribution >= 0.6 is 23.1 Å². The summed E-state index contributed by atoms with van der Waals surface area (Å²) in [6.07, 6.45) is 0. The van der Waals surface area contributed by atoms with E-state index in [9.17, 15) is 4.79 Å². The number of rotatable bonds is 5. The number of benzene rings is 1. The number of amides is 1. The fourth-order valence-corrected chi connectivity index (χ4v) is 3.08. The summed E-state index contributed by atoms with van der Waals surface area (Å²) >= 11 is 3.01. The zero-order chi connectivity index (χ0) is 12.1. The predicted octanol–water partition coefficient (Wildman–Crippen LogP) is 2.46. The van der Waals surface area contributed by atoms with E-state index in [1.165, 1.54) is 11.8 Å². The lowest BCUT2D eigenvalue weighted by molar-refractivity contribution is -0.130. The molecule has 1 aromatic heterocycles. The van der Waals surface area contributed by atoms with E-state index in [0.717, 1.165) is 14.6 Å². The molecule has 2 aromatic rings. The van der Waals surface area contributed by atoms with Gasteiger partial charge in [-0.1, -0.05) is 23.9 Å². The Labute approximate surface area is 107 Å². The first kappa shape index (κ1) is 12.3. The van der Waals surface area contributed by atoms with Gasteiger partial charge < -0.3 is 0 Å². The fraction of sp³-hybridized carbons (Fsp3) is 0.273. The monoisotopic (exact) mass is 268 g/mol. The summed E-state index contributed by atoms with van der Waals surface area (Å²) in [6, 6.07) is 7.93. The molecule has 0 aliphatic rings. The van der Waals surface area contributed by atoms with Gasteiger partial charge in [-0.2, -0.15) is 0 Å². The molecule has 2 rings (SSSR count). The van der Waals surface area contributed by atoms with Gasteiger partial charge in [-0.3, -0.25) is 9.63 Å². The molecule has 0 bridgehead atoms. The number of nitrogens with one attached hydrogen (secondary N) is 1. The average Bonchev–Trinajstić information content (AvgIpc) is 2.76. The van der Waals surface area contributed by atoms with Crippen molar-refractivity contribution in [2.24, 2.45) is 0 Å². The van der Waals surface area contributed by atoms with Crippen molar-refractivity contribution in [1.29, 1.82) is 0 Å². The highest BCUT2D eigenvalue weighted by atomic mass is 32.2. The molecule has 17 heavy (non-hydrogen) atoms. The number of thiazole rings is 1. The van der Waals surface area contributed by atoms with E-state index in [2.05, 4.69) is 10.5 Å². The lowest BCUT2D eigenvalue weighted by Crippen LogP contribution is -2.25. The van der Waals surface area contributed by atoms with Crippen LogP contribution in [0.15, 0.2) is 28.6 Å². The smallest absolute Gasteiger partial charge is 0.253 e. The Morgan fingerprint density at radius 2 is 2.35 bits per heavy atom. The predicted molar refractivity (Wildman–Crippen MR) is 70.1 cm³/mol. The lowest BCUT2D eigenvalue weighted by Gasteiger charge is -2.01. The molecule has 1 N–H and O–H groups in total. The Kier molecular flexibility index (Phi) is 4.36. The number of hydrogen-bond donors (Lipinski definition) is 1. The molecule has 0 saturated heterocycles. The van der Waals surface area contributed by atoms with Crippen molar-refractivity contribution >= 4 is 39.2 Å². The number of hydrogen-bond acceptors (Lipinski definition) is 5. The normalized spacial score (nSPS) is 10.6. The van der Waals surface area contributed by atoms with Gasteiger partial charge in [-0.05, 0) is 19.1 Å².